The molecular weight excluding hydrogens is 208 g/mol. The lowest BCUT2D eigenvalue weighted by molar-refractivity contribution is 0.346. The Balaban J connectivity index is 3.35. The maximum Gasteiger partial charge on any atom is 0.0155 e. The van der Waals surface area contributed by atoms with Crippen LogP contribution in [0, 0.1) is 5.92 Å². The first-order chi connectivity index (χ1) is 8.10. The van der Waals surface area contributed by atoms with Gasteiger partial charge in [-0.2, -0.15) is 0 Å². The van der Waals surface area contributed by atoms with E-state index in [1.54, 1.807) is 0 Å². The minimum Gasteiger partial charge on any atom is -0.389 e. The number of nitrogens with zero attached hydrogens (tertiary/aromatic N) is 1. The van der Waals surface area contributed by atoms with E-state index in [9.17, 15) is 0 Å². The van der Waals surface area contributed by atoms with E-state index >= 15 is 0 Å². The van der Waals surface area contributed by atoms with Crippen molar-refractivity contribution >= 4 is 0 Å². The number of hydrogen-bond donors (Lipinski definition) is 1. The molecule has 0 aliphatic carbocycles. The molecule has 1 N–H and O–H groups in total. The van der Waals surface area contributed by atoms with E-state index in [0.29, 0.717) is 0 Å². The molecule has 0 spiro atoms. The quantitative estimate of drug-likeness (QED) is 0.555. The van der Waals surface area contributed by atoms with E-state index < -0.39 is 0 Å². The van der Waals surface area contributed by atoms with Crippen LogP contribution in [-0.4, -0.2) is 31.6 Å². The van der Waals surface area contributed by atoms with Crippen LogP contribution in [0.15, 0.2) is 12.3 Å². The standard InChI is InChI=1S/C15H32N2/c1-6-14(3)10-8-11-15(4)16-12-9-13-17(5)7-2/h14,16H,4,6-13H2,1-3,5H3. The largest absolute Gasteiger partial charge is 0.389 e. The predicted octanol–water partition coefficient (Wildman–Crippen LogP) is 3.65. The topological polar surface area (TPSA) is 15.3 Å². The van der Waals surface area contributed by atoms with Gasteiger partial charge in [0.2, 0.25) is 0 Å². The van der Waals surface area contributed by atoms with E-state index in [1.807, 2.05) is 0 Å². The van der Waals surface area contributed by atoms with Crippen LogP contribution in [-0.2, 0) is 0 Å². The van der Waals surface area contributed by atoms with E-state index in [4.69, 9.17) is 0 Å². The Kier molecular flexibility index (Phi) is 10.3. The second-order valence-electron chi connectivity index (χ2n) is 5.19. The summed E-state index contributed by atoms with van der Waals surface area (Å²) >= 11 is 0. The van der Waals surface area contributed by atoms with Gasteiger partial charge in [-0.3, -0.25) is 0 Å². The molecule has 0 saturated carbocycles. The molecule has 2 heteroatoms. The average molecular weight is 240 g/mol. The van der Waals surface area contributed by atoms with Gasteiger partial charge >= 0.3 is 0 Å². The van der Waals surface area contributed by atoms with Crippen molar-refractivity contribution < 1.29 is 0 Å². The molecule has 1 atom stereocenters. The Labute approximate surface area is 108 Å². The molecular formula is C15H32N2. The van der Waals surface area contributed by atoms with Gasteiger partial charge in [0.05, 0.1) is 0 Å². The highest BCUT2D eigenvalue weighted by Gasteiger charge is 2.00. The molecule has 0 amide bonds. The number of rotatable bonds is 11. The van der Waals surface area contributed by atoms with Crippen molar-refractivity contribution in [1.29, 1.82) is 0 Å². The van der Waals surface area contributed by atoms with Gasteiger partial charge in [0, 0.05) is 12.2 Å². The molecule has 0 aliphatic heterocycles. The zero-order valence-corrected chi connectivity index (χ0v) is 12.4. The summed E-state index contributed by atoms with van der Waals surface area (Å²) in [5.74, 6) is 0.862. The third-order valence-corrected chi connectivity index (χ3v) is 3.50. The fourth-order valence-electron chi connectivity index (χ4n) is 1.73. The molecule has 0 rings (SSSR count). The third kappa shape index (κ3) is 10.4. The summed E-state index contributed by atoms with van der Waals surface area (Å²) in [5.41, 5.74) is 1.22. The average Bonchev–Trinajstić information content (AvgIpc) is 2.33. The van der Waals surface area contributed by atoms with Gasteiger partial charge in [-0.1, -0.05) is 40.2 Å². The molecule has 0 aromatic heterocycles. The number of nitrogens with one attached hydrogen (secondary N) is 1. The van der Waals surface area contributed by atoms with Crippen molar-refractivity contribution in [2.75, 3.05) is 26.7 Å². The summed E-state index contributed by atoms with van der Waals surface area (Å²) < 4.78 is 0. The monoisotopic (exact) mass is 240 g/mol. The Morgan fingerprint density at radius 3 is 2.59 bits per heavy atom. The maximum atomic E-state index is 4.09. The molecule has 0 radical (unpaired) electrons. The first kappa shape index (κ1) is 16.5. The van der Waals surface area contributed by atoms with Gasteiger partial charge in [-0.15, -0.1) is 0 Å². The van der Waals surface area contributed by atoms with Crippen LogP contribution >= 0.6 is 0 Å². The fourth-order valence-corrected chi connectivity index (χ4v) is 1.73. The highest BCUT2D eigenvalue weighted by atomic mass is 15.1. The van der Waals surface area contributed by atoms with Gasteiger partial charge in [-0.25, -0.2) is 0 Å². The molecule has 0 heterocycles. The van der Waals surface area contributed by atoms with Crippen LogP contribution in [0.2, 0.25) is 0 Å². The van der Waals surface area contributed by atoms with Crippen LogP contribution in [0.4, 0.5) is 0 Å². The second kappa shape index (κ2) is 10.6. The normalized spacial score (nSPS) is 12.8. The van der Waals surface area contributed by atoms with Gasteiger partial charge in [0.25, 0.3) is 0 Å². The Morgan fingerprint density at radius 1 is 1.29 bits per heavy atom. The molecule has 2 nitrogen and oxygen atoms in total. The van der Waals surface area contributed by atoms with Crippen LogP contribution in [0.1, 0.15) is 52.9 Å². The molecule has 102 valence electrons. The first-order valence-electron chi connectivity index (χ1n) is 7.20. The van der Waals surface area contributed by atoms with Crippen LogP contribution in [0.25, 0.3) is 0 Å². The lowest BCUT2D eigenvalue weighted by Gasteiger charge is -2.15. The summed E-state index contributed by atoms with van der Waals surface area (Å²) in [7, 11) is 2.17. The van der Waals surface area contributed by atoms with Crippen molar-refractivity contribution in [3.05, 3.63) is 12.3 Å². The summed E-state index contributed by atoms with van der Waals surface area (Å²) in [5, 5.41) is 3.43. The van der Waals surface area contributed by atoms with Gasteiger partial charge in [0.15, 0.2) is 0 Å². The van der Waals surface area contributed by atoms with Gasteiger partial charge in [0.1, 0.15) is 0 Å². The minimum absolute atomic E-state index is 0.862. The molecule has 1 unspecified atom stereocenters. The van der Waals surface area contributed by atoms with E-state index in [2.05, 4.69) is 44.6 Å². The minimum atomic E-state index is 0.862. The third-order valence-electron chi connectivity index (χ3n) is 3.50. The zero-order chi connectivity index (χ0) is 13.1. The van der Waals surface area contributed by atoms with Crippen LogP contribution in [0.5, 0.6) is 0 Å². The Bertz CT molecular complexity index is 189. The first-order valence-corrected chi connectivity index (χ1v) is 7.20. The van der Waals surface area contributed by atoms with Crippen LogP contribution in [0.3, 0.4) is 0 Å². The lowest BCUT2D eigenvalue weighted by Crippen LogP contribution is -2.23. The fraction of sp³-hybridized carbons (Fsp3) is 0.867. The Morgan fingerprint density at radius 2 is 2.00 bits per heavy atom. The van der Waals surface area contributed by atoms with E-state index in [1.165, 1.54) is 37.9 Å². The molecule has 0 fully saturated rings. The van der Waals surface area contributed by atoms with Gasteiger partial charge in [-0.05, 0) is 45.3 Å². The van der Waals surface area contributed by atoms with E-state index in [0.717, 1.165) is 25.4 Å². The molecule has 0 aliphatic rings. The van der Waals surface area contributed by atoms with Gasteiger partial charge < -0.3 is 10.2 Å². The SMILES string of the molecule is C=C(CCCC(C)CC)NCCCN(C)CC. The predicted molar refractivity (Wildman–Crippen MR) is 78.2 cm³/mol. The summed E-state index contributed by atoms with van der Waals surface area (Å²) in [6.45, 7) is 14.2. The Hall–Kier alpha value is -0.500. The van der Waals surface area contributed by atoms with Crippen LogP contribution < -0.4 is 5.32 Å². The van der Waals surface area contributed by atoms with Crippen molar-refractivity contribution in [3.63, 3.8) is 0 Å². The number of allylic oxidation sites excluding steroid dienone is 1. The van der Waals surface area contributed by atoms with Crippen molar-refractivity contribution in [1.82, 2.24) is 10.2 Å². The number of hydrogen-bond acceptors (Lipinski definition) is 2. The highest BCUT2D eigenvalue weighted by Crippen LogP contribution is 2.12. The summed E-state index contributed by atoms with van der Waals surface area (Å²) in [4.78, 5) is 2.34. The van der Waals surface area contributed by atoms with E-state index in [-0.39, 0.29) is 0 Å². The van der Waals surface area contributed by atoms with Crippen molar-refractivity contribution in [2.24, 2.45) is 5.92 Å². The lowest BCUT2D eigenvalue weighted by atomic mass is 10.0. The van der Waals surface area contributed by atoms with Crippen molar-refractivity contribution in [3.8, 4) is 0 Å². The molecule has 0 bridgehead atoms. The zero-order valence-electron chi connectivity index (χ0n) is 12.4. The molecule has 0 aromatic rings. The smallest absolute Gasteiger partial charge is 0.0155 e. The molecule has 17 heavy (non-hydrogen) atoms. The second-order valence-corrected chi connectivity index (χ2v) is 5.19. The summed E-state index contributed by atoms with van der Waals surface area (Å²) in [6, 6.07) is 0. The maximum absolute atomic E-state index is 4.09. The summed E-state index contributed by atoms with van der Waals surface area (Å²) in [6.07, 6.45) is 6.23. The van der Waals surface area contributed by atoms with Crippen molar-refractivity contribution in [2.45, 2.75) is 52.9 Å². The molecule has 0 aromatic carbocycles. The highest BCUT2D eigenvalue weighted by molar-refractivity contribution is 4.90. The molecule has 0 saturated heterocycles.